The monoisotopic (exact) mass is 300 g/mol. The van der Waals surface area contributed by atoms with Gasteiger partial charge in [0.15, 0.2) is 0 Å². The number of hydrogen-bond donors (Lipinski definition) is 0. The van der Waals surface area contributed by atoms with Gasteiger partial charge in [0.1, 0.15) is 6.42 Å². The van der Waals surface area contributed by atoms with Crippen molar-refractivity contribution < 1.29 is 53.0 Å². The molecular formula is C6H3F11O. The minimum Gasteiger partial charge on any atom is -0.252 e. The van der Waals surface area contributed by atoms with Crippen LogP contribution in [-0.4, -0.2) is 30.7 Å². The summed E-state index contributed by atoms with van der Waals surface area (Å²) in [5.74, 6) is 0. The van der Waals surface area contributed by atoms with Crippen LogP contribution in [0, 0.1) is 0 Å². The third kappa shape index (κ3) is 5.69. The van der Waals surface area contributed by atoms with E-state index in [4.69, 9.17) is 0 Å². The van der Waals surface area contributed by atoms with Crippen LogP contribution < -0.4 is 0 Å². The Kier molecular flexibility index (Phi) is 4.49. The molecule has 0 aromatic rings. The van der Waals surface area contributed by atoms with E-state index in [1.165, 1.54) is 0 Å². The number of halogens is 11. The lowest BCUT2D eigenvalue weighted by Gasteiger charge is -2.27. The Morgan fingerprint density at radius 2 is 1.17 bits per heavy atom. The predicted molar refractivity (Wildman–Crippen MR) is 32.6 cm³/mol. The van der Waals surface area contributed by atoms with Gasteiger partial charge in [-0.1, -0.05) is 0 Å². The molecule has 0 aliphatic heterocycles. The van der Waals surface area contributed by atoms with Gasteiger partial charge in [-0.3, -0.25) is 4.74 Å². The zero-order valence-electron chi connectivity index (χ0n) is 7.85. The van der Waals surface area contributed by atoms with Crippen LogP contribution in [-0.2, 0) is 4.74 Å². The molecule has 0 fully saturated rings. The molecule has 0 aromatic carbocycles. The van der Waals surface area contributed by atoms with Gasteiger partial charge < -0.3 is 0 Å². The van der Waals surface area contributed by atoms with Crippen LogP contribution in [0.5, 0.6) is 0 Å². The Labute approximate surface area is 91.5 Å². The van der Waals surface area contributed by atoms with Crippen LogP contribution in [0.1, 0.15) is 6.42 Å². The van der Waals surface area contributed by atoms with E-state index in [1.807, 2.05) is 4.74 Å². The van der Waals surface area contributed by atoms with E-state index in [2.05, 4.69) is 0 Å². The second-order valence-electron chi connectivity index (χ2n) is 3.00. The van der Waals surface area contributed by atoms with E-state index in [0.29, 0.717) is 0 Å². The summed E-state index contributed by atoms with van der Waals surface area (Å²) in [5.41, 5.74) is 0. The summed E-state index contributed by atoms with van der Waals surface area (Å²) >= 11 is 0. The molecule has 0 aliphatic rings. The third-order valence-corrected chi connectivity index (χ3v) is 1.27. The van der Waals surface area contributed by atoms with Gasteiger partial charge in [-0.15, -0.1) is 0 Å². The van der Waals surface area contributed by atoms with E-state index >= 15 is 0 Å². The lowest BCUT2D eigenvalue weighted by molar-refractivity contribution is -0.426. The molecule has 0 rings (SSSR count). The molecule has 0 bridgehead atoms. The van der Waals surface area contributed by atoms with Crippen LogP contribution in [0.15, 0.2) is 0 Å². The first-order valence-electron chi connectivity index (χ1n) is 3.80. The SMILES string of the molecule is FC(C(F)(F)F)C(F)(F)OC(F)(F)CC(F)(F)F. The quantitative estimate of drug-likeness (QED) is 0.712. The minimum atomic E-state index is -6.27. The van der Waals surface area contributed by atoms with Crippen molar-refractivity contribution in [2.24, 2.45) is 0 Å². The fourth-order valence-corrected chi connectivity index (χ4v) is 0.711. The standard InChI is InChI=1S/C6H3F11O/c7-2(5(13,14)15)6(16,17)18-4(11,12)1-3(8,9)10/h2H,1H2. The zero-order chi connectivity index (χ0) is 15.0. The second-order valence-corrected chi connectivity index (χ2v) is 3.00. The first kappa shape index (κ1) is 17.2. The molecule has 18 heavy (non-hydrogen) atoms. The predicted octanol–water partition coefficient (Wildman–Crippen LogP) is 4.04. The molecule has 0 radical (unpaired) electrons. The molecule has 1 unspecified atom stereocenters. The molecule has 0 heterocycles. The topological polar surface area (TPSA) is 9.23 Å². The number of rotatable bonds is 4. The van der Waals surface area contributed by atoms with Crippen LogP contribution >= 0.6 is 0 Å². The highest BCUT2D eigenvalue weighted by molar-refractivity contribution is 4.77. The smallest absolute Gasteiger partial charge is 0.252 e. The third-order valence-electron chi connectivity index (χ3n) is 1.27. The van der Waals surface area contributed by atoms with Crippen molar-refractivity contribution in [1.29, 1.82) is 0 Å². The van der Waals surface area contributed by atoms with E-state index in [0.717, 1.165) is 0 Å². The summed E-state index contributed by atoms with van der Waals surface area (Å²) in [5, 5.41) is 0. The average Bonchev–Trinajstić information content (AvgIpc) is 1.93. The molecule has 0 saturated carbocycles. The fraction of sp³-hybridized carbons (Fsp3) is 1.00. The molecule has 0 aliphatic carbocycles. The van der Waals surface area contributed by atoms with Crippen molar-refractivity contribution in [3.8, 4) is 0 Å². The average molecular weight is 300 g/mol. The highest BCUT2D eigenvalue weighted by atomic mass is 19.4. The second kappa shape index (κ2) is 4.70. The largest absolute Gasteiger partial charge is 0.428 e. The lowest BCUT2D eigenvalue weighted by atomic mass is 10.3. The molecule has 1 atom stereocenters. The molecule has 0 N–H and O–H groups in total. The van der Waals surface area contributed by atoms with E-state index in [1.54, 1.807) is 0 Å². The van der Waals surface area contributed by atoms with Gasteiger partial charge in [0.25, 0.3) is 6.17 Å². The maximum atomic E-state index is 12.2. The van der Waals surface area contributed by atoms with Crippen molar-refractivity contribution in [3.63, 3.8) is 0 Å². The van der Waals surface area contributed by atoms with Crippen LogP contribution in [0.25, 0.3) is 0 Å². The van der Waals surface area contributed by atoms with E-state index in [9.17, 15) is 48.3 Å². The Morgan fingerprint density at radius 1 is 0.778 bits per heavy atom. The summed E-state index contributed by atoms with van der Waals surface area (Å²) < 4.78 is 132. The van der Waals surface area contributed by atoms with E-state index in [-0.39, 0.29) is 0 Å². The highest BCUT2D eigenvalue weighted by Gasteiger charge is 2.62. The lowest BCUT2D eigenvalue weighted by Crippen LogP contribution is -2.48. The summed E-state index contributed by atoms with van der Waals surface area (Å²) in [7, 11) is 0. The van der Waals surface area contributed by atoms with Crippen molar-refractivity contribution >= 4 is 0 Å². The molecule has 12 heteroatoms. The zero-order valence-corrected chi connectivity index (χ0v) is 7.85. The van der Waals surface area contributed by atoms with Crippen LogP contribution in [0.2, 0.25) is 0 Å². The van der Waals surface area contributed by atoms with Crippen molar-refractivity contribution in [3.05, 3.63) is 0 Å². The van der Waals surface area contributed by atoms with Crippen molar-refractivity contribution in [2.45, 2.75) is 37.2 Å². The summed E-state index contributed by atoms with van der Waals surface area (Å²) in [6.07, 6.45) is -32.3. The molecule has 110 valence electrons. The summed E-state index contributed by atoms with van der Waals surface area (Å²) in [6, 6.07) is 0. The maximum absolute atomic E-state index is 12.2. The number of ether oxygens (including phenoxy) is 1. The molecule has 0 spiro atoms. The number of alkyl halides is 11. The van der Waals surface area contributed by atoms with Crippen molar-refractivity contribution in [1.82, 2.24) is 0 Å². The van der Waals surface area contributed by atoms with Crippen LogP contribution in [0.3, 0.4) is 0 Å². The minimum absolute atomic E-state index is 2.01. The van der Waals surface area contributed by atoms with Gasteiger partial charge in [0, 0.05) is 0 Å². The van der Waals surface area contributed by atoms with Gasteiger partial charge >= 0.3 is 24.6 Å². The van der Waals surface area contributed by atoms with Crippen LogP contribution in [0.4, 0.5) is 48.3 Å². The molecule has 0 amide bonds. The first-order valence-corrected chi connectivity index (χ1v) is 3.80. The molecule has 0 saturated heterocycles. The Balaban J connectivity index is 4.86. The van der Waals surface area contributed by atoms with Gasteiger partial charge in [0.2, 0.25) is 0 Å². The van der Waals surface area contributed by atoms with Gasteiger partial charge in [-0.25, -0.2) is 4.39 Å². The van der Waals surface area contributed by atoms with E-state index < -0.39 is 37.2 Å². The highest BCUT2D eigenvalue weighted by Crippen LogP contribution is 2.42. The normalized spacial score (nSPS) is 16.8. The molecule has 0 aromatic heterocycles. The summed E-state index contributed by atoms with van der Waals surface area (Å²) in [4.78, 5) is 0. The Bertz CT molecular complexity index is 276. The Hall–Kier alpha value is -0.810. The fourth-order valence-electron chi connectivity index (χ4n) is 0.711. The molecule has 1 nitrogen and oxygen atoms in total. The first-order chi connectivity index (χ1) is 7.57. The summed E-state index contributed by atoms with van der Waals surface area (Å²) in [6.45, 7) is 0. The number of hydrogen-bond acceptors (Lipinski definition) is 1. The van der Waals surface area contributed by atoms with Crippen molar-refractivity contribution in [2.75, 3.05) is 0 Å². The maximum Gasteiger partial charge on any atom is 0.428 e. The molecular weight excluding hydrogens is 297 g/mol. The van der Waals surface area contributed by atoms with Gasteiger partial charge in [-0.05, 0) is 0 Å². The Morgan fingerprint density at radius 3 is 1.44 bits per heavy atom. The van der Waals surface area contributed by atoms with Gasteiger partial charge in [-0.2, -0.15) is 43.9 Å². The van der Waals surface area contributed by atoms with Gasteiger partial charge in [0.05, 0.1) is 0 Å².